The van der Waals surface area contributed by atoms with Crippen molar-refractivity contribution < 1.29 is 18.9 Å². The Balaban J connectivity index is 1.25. The molecular formula is C44H37N5O4. The summed E-state index contributed by atoms with van der Waals surface area (Å²) in [6, 6.07) is 36.7. The molecule has 8 rings (SSSR count). The van der Waals surface area contributed by atoms with Crippen molar-refractivity contribution in [3.63, 3.8) is 0 Å². The van der Waals surface area contributed by atoms with E-state index in [1.807, 2.05) is 91.0 Å². The number of hydrogen-bond acceptors (Lipinski definition) is 8. The van der Waals surface area contributed by atoms with Crippen molar-refractivity contribution in [1.29, 1.82) is 0 Å². The average molecular weight is 700 g/mol. The normalized spacial score (nSPS) is 11.4. The molecule has 0 aliphatic carbocycles. The second-order valence-corrected chi connectivity index (χ2v) is 13.2. The molecule has 0 radical (unpaired) electrons. The van der Waals surface area contributed by atoms with Gasteiger partial charge in [0.2, 0.25) is 17.7 Å². The van der Waals surface area contributed by atoms with Crippen LogP contribution < -0.4 is 18.9 Å². The Morgan fingerprint density at radius 3 is 1.28 bits per heavy atom. The Morgan fingerprint density at radius 2 is 0.868 bits per heavy atom. The smallest absolute Gasteiger partial charge is 0.234 e. The van der Waals surface area contributed by atoms with Crippen LogP contribution in [0.25, 0.3) is 27.8 Å². The summed E-state index contributed by atoms with van der Waals surface area (Å²) in [4.78, 5) is 18.0. The van der Waals surface area contributed by atoms with Gasteiger partial charge in [-0.15, -0.1) is 0 Å². The molecule has 0 bridgehead atoms. The first-order valence-electron chi connectivity index (χ1n) is 17.6. The van der Waals surface area contributed by atoms with E-state index in [4.69, 9.17) is 28.9 Å². The van der Waals surface area contributed by atoms with E-state index < -0.39 is 0 Å². The number of fused-ring (bicyclic) bond motifs is 3. The van der Waals surface area contributed by atoms with E-state index in [0.717, 1.165) is 44.4 Å². The van der Waals surface area contributed by atoms with Crippen LogP contribution in [0.5, 0.6) is 46.3 Å². The molecule has 9 nitrogen and oxygen atoms in total. The standard InChI is InChI=1S/C44H37N5O4/c1-28(2)34-24-36-37-25-35(29(3)4)41(51-31-13-10-15-33(23-31)53-43-17-6-8-19-46-43)27-39(37)49(44-47-20-11-21-48-44)38(36)26-40(34)50-30-12-9-14-32(22-30)52-42-16-5-7-18-45-42/h5-29H,1-4H3. The van der Waals surface area contributed by atoms with E-state index in [2.05, 4.69) is 66.5 Å². The molecular weight excluding hydrogens is 663 g/mol. The van der Waals surface area contributed by atoms with E-state index in [9.17, 15) is 0 Å². The lowest BCUT2D eigenvalue weighted by molar-refractivity contribution is 0.446. The number of pyridine rings is 2. The van der Waals surface area contributed by atoms with Crippen molar-refractivity contribution in [2.45, 2.75) is 39.5 Å². The average Bonchev–Trinajstić information content (AvgIpc) is 3.47. The molecule has 4 aromatic heterocycles. The van der Waals surface area contributed by atoms with Gasteiger partial charge in [0, 0.05) is 72.0 Å². The van der Waals surface area contributed by atoms with Gasteiger partial charge in [-0.25, -0.2) is 19.9 Å². The molecule has 0 unspecified atom stereocenters. The fourth-order valence-corrected chi connectivity index (χ4v) is 6.32. The van der Waals surface area contributed by atoms with Crippen molar-refractivity contribution in [2.24, 2.45) is 0 Å². The minimum Gasteiger partial charge on any atom is -0.457 e. The molecule has 0 N–H and O–H groups in total. The van der Waals surface area contributed by atoms with Gasteiger partial charge < -0.3 is 18.9 Å². The zero-order valence-corrected chi connectivity index (χ0v) is 29.8. The van der Waals surface area contributed by atoms with Crippen LogP contribution in [0.15, 0.2) is 140 Å². The predicted octanol–water partition coefficient (Wildman–Crippen LogP) is 11.8. The summed E-state index contributed by atoms with van der Waals surface area (Å²) in [6.07, 6.45) is 6.90. The lowest BCUT2D eigenvalue weighted by Crippen LogP contribution is -2.01. The van der Waals surface area contributed by atoms with Gasteiger partial charge in [-0.2, -0.15) is 0 Å². The number of benzene rings is 4. The Morgan fingerprint density at radius 1 is 0.434 bits per heavy atom. The second kappa shape index (κ2) is 14.5. The molecule has 0 spiro atoms. The van der Waals surface area contributed by atoms with Crippen molar-refractivity contribution in [1.82, 2.24) is 24.5 Å². The van der Waals surface area contributed by atoms with Gasteiger partial charge in [0.25, 0.3) is 0 Å². The molecule has 4 aromatic carbocycles. The lowest BCUT2D eigenvalue weighted by atomic mass is 9.96. The summed E-state index contributed by atoms with van der Waals surface area (Å²) >= 11 is 0. The molecule has 0 atom stereocenters. The zero-order valence-electron chi connectivity index (χ0n) is 29.8. The van der Waals surface area contributed by atoms with Crippen molar-refractivity contribution in [3.8, 4) is 52.2 Å². The molecule has 0 aliphatic heterocycles. The Kier molecular flexibility index (Phi) is 9.12. The quantitative estimate of drug-likeness (QED) is 0.132. The number of ether oxygens (including phenoxy) is 4. The molecule has 0 fully saturated rings. The third-order valence-electron chi connectivity index (χ3n) is 8.81. The number of aromatic nitrogens is 5. The van der Waals surface area contributed by atoms with E-state index in [1.54, 1.807) is 24.8 Å². The summed E-state index contributed by atoms with van der Waals surface area (Å²) < 4.78 is 27.4. The van der Waals surface area contributed by atoms with Gasteiger partial charge >= 0.3 is 0 Å². The van der Waals surface area contributed by atoms with E-state index >= 15 is 0 Å². The van der Waals surface area contributed by atoms with Gasteiger partial charge in [-0.05, 0) is 77.6 Å². The predicted molar refractivity (Wildman–Crippen MR) is 206 cm³/mol. The molecule has 4 heterocycles. The highest BCUT2D eigenvalue weighted by Gasteiger charge is 2.22. The SMILES string of the molecule is CC(C)c1cc2c3cc(C(C)C)c(Oc4cccc(Oc5ccccn5)c4)cc3n(-c3ncccn3)c2cc1Oc1cccc(Oc2ccccn2)c1. The van der Waals surface area contributed by atoms with E-state index in [-0.39, 0.29) is 11.8 Å². The Bertz CT molecular complexity index is 2360. The molecule has 262 valence electrons. The number of rotatable bonds is 11. The summed E-state index contributed by atoms with van der Waals surface area (Å²) in [6.45, 7) is 8.69. The van der Waals surface area contributed by atoms with Crippen LogP contribution in [0.4, 0.5) is 0 Å². The van der Waals surface area contributed by atoms with Crippen LogP contribution in [0, 0.1) is 0 Å². The van der Waals surface area contributed by atoms with E-state index in [1.165, 1.54) is 0 Å². The topological polar surface area (TPSA) is 93.4 Å². The summed E-state index contributed by atoms with van der Waals surface area (Å²) in [5, 5.41) is 2.13. The maximum Gasteiger partial charge on any atom is 0.234 e. The van der Waals surface area contributed by atoms with Gasteiger partial charge in [0.1, 0.15) is 34.5 Å². The highest BCUT2D eigenvalue weighted by Crippen LogP contribution is 2.44. The first-order valence-corrected chi connectivity index (χ1v) is 17.6. The van der Waals surface area contributed by atoms with Gasteiger partial charge in [-0.1, -0.05) is 52.0 Å². The van der Waals surface area contributed by atoms with E-state index in [0.29, 0.717) is 40.7 Å². The van der Waals surface area contributed by atoms with Crippen molar-refractivity contribution in [2.75, 3.05) is 0 Å². The molecule has 8 aromatic rings. The van der Waals surface area contributed by atoms with Crippen LogP contribution in [-0.2, 0) is 0 Å². The van der Waals surface area contributed by atoms with Gasteiger partial charge in [0.15, 0.2) is 0 Å². The van der Waals surface area contributed by atoms with Crippen molar-refractivity contribution >= 4 is 21.8 Å². The van der Waals surface area contributed by atoms with Crippen LogP contribution >= 0.6 is 0 Å². The highest BCUT2D eigenvalue weighted by atomic mass is 16.5. The maximum atomic E-state index is 6.67. The number of hydrogen-bond donors (Lipinski definition) is 0. The minimum absolute atomic E-state index is 0.168. The molecule has 53 heavy (non-hydrogen) atoms. The largest absolute Gasteiger partial charge is 0.457 e. The molecule has 9 heteroatoms. The molecule has 0 saturated carbocycles. The Hall–Kier alpha value is -6.74. The summed E-state index contributed by atoms with van der Waals surface area (Å²) in [5.41, 5.74) is 3.95. The van der Waals surface area contributed by atoms with Crippen LogP contribution in [0.1, 0.15) is 50.7 Å². The first kappa shape index (κ1) is 33.4. The monoisotopic (exact) mass is 699 g/mol. The summed E-state index contributed by atoms with van der Waals surface area (Å²) in [5.74, 6) is 5.90. The molecule has 0 saturated heterocycles. The molecule has 0 amide bonds. The lowest BCUT2D eigenvalue weighted by Gasteiger charge is -2.16. The van der Waals surface area contributed by atoms with Crippen LogP contribution in [-0.4, -0.2) is 24.5 Å². The second-order valence-electron chi connectivity index (χ2n) is 13.2. The minimum atomic E-state index is 0.168. The molecule has 0 aliphatic rings. The third-order valence-corrected chi connectivity index (χ3v) is 8.81. The van der Waals surface area contributed by atoms with Crippen molar-refractivity contribution in [3.05, 3.63) is 151 Å². The third kappa shape index (κ3) is 7.10. The summed E-state index contributed by atoms with van der Waals surface area (Å²) in [7, 11) is 0. The Labute approximate surface area is 307 Å². The van der Waals surface area contributed by atoms with Crippen LogP contribution in [0.3, 0.4) is 0 Å². The fraction of sp³-hybridized carbons (Fsp3) is 0.136. The number of nitrogens with zero attached hydrogens (tertiary/aromatic N) is 5. The highest BCUT2D eigenvalue weighted by molar-refractivity contribution is 6.10. The fourth-order valence-electron chi connectivity index (χ4n) is 6.32. The zero-order chi connectivity index (χ0) is 36.3. The van der Waals surface area contributed by atoms with Crippen LogP contribution in [0.2, 0.25) is 0 Å². The first-order chi connectivity index (χ1) is 25.9. The van der Waals surface area contributed by atoms with Gasteiger partial charge in [0.05, 0.1) is 11.0 Å². The van der Waals surface area contributed by atoms with Gasteiger partial charge in [-0.3, -0.25) is 4.57 Å². The maximum absolute atomic E-state index is 6.67.